The van der Waals surface area contributed by atoms with Crippen LogP contribution in [-0.4, -0.2) is 25.4 Å². The molecule has 0 radical (unpaired) electrons. The van der Waals surface area contributed by atoms with Gasteiger partial charge in [0.15, 0.2) is 11.6 Å². The van der Waals surface area contributed by atoms with Crippen LogP contribution in [0.25, 0.3) is 0 Å². The monoisotopic (exact) mass is 476 g/mol. The lowest BCUT2D eigenvalue weighted by Gasteiger charge is -2.31. The van der Waals surface area contributed by atoms with E-state index in [4.69, 9.17) is 9.47 Å². The van der Waals surface area contributed by atoms with Gasteiger partial charge in [-0.3, -0.25) is 0 Å². The lowest BCUT2D eigenvalue weighted by atomic mass is 9.77. The summed E-state index contributed by atoms with van der Waals surface area (Å²) in [7, 11) is 0. The third-order valence-corrected chi connectivity index (χ3v) is 8.22. The van der Waals surface area contributed by atoms with Crippen LogP contribution in [0.1, 0.15) is 94.1 Å². The second-order valence-electron chi connectivity index (χ2n) is 10.4. The highest BCUT2D eigenvalue weighted by molar-refractivity contribution is 5.32. The number of allylic oxidation sites excluding steroid dienone is 1. The molecule has 0 aromatic heterocycles. The molecule has 188 valence electrons. The van der Waals surface area contributed by atoms with Crippen LogP contribution < -0.4 is 0 Å². The number of hydrogen-bond donors (Lipinski definition) is 0. The van der Waals surface area contributed by atoms with Crippen LogP contribution >= 0.6 is 0 Å². The fourth-order valence-corrected chi connectivity index (χ4v) is 6.09. The van der Waals surface area contributed by atoms with Gasteiger partial charge in [0.05, 0.1) is 12.7 Å². The van der Waals surface area contributed by atoms with Gasteiger partial charge >= 0.3 is 0 Å². The SMILES string of the molecule is C=CC1CCC(c2ccc(C3CCC(OCC4C=C(F)C(OCC)CC4)CC3)c(F)c2F)CC1. The van der Waals surface area contributed by atoms with Gasteiger partial charge in [0.2, 0.25) is 0 Å². The van der Waals surface area contributed by atoms with Crippen LogP contribution in [0.4, 0.5) is 13.2 Å². The Balaban J connectivity index is 1.28. The second-order valence-corrected chi connectivity index (χ2v) is 10.4. The van der Waals surface area contributed by atoms with Gasteiger partial charge in [-0.25, -0.2) is 13.2 Å². The minimum Gasteiger partial charge on any atom is -0.378 e. The average Bonchev–Trinajstić information content (AvgIpc) is 2.86. The van der Waals surface area contributed by atoms with Crippen molar-refractivity contribution in [2.24, 2.45) is 11.8 Å². The molecule has 34 heavy (non-hydrogen) atoms. The first-order valence-corrected chi connectivity index (χ1v) is 13.2. The number of rotatable bonds is 8. The molecule has 3 aliphatic carbocycles. The molecule has 0 aliphatic heterocycles. The first kappa shape index (κ1) is 25.5. The van der Waals surface area contributed by atoms with Crippen molar-refractivity contribution in [2.75, 3.05) is 13.2 Å². The third kappa shape index (κ3) is 5.96. The molecule has 2 nitrogen and oxygen atoms in total. The predicted octanol–water partition coefficient (Wildman–Crippen LogP) is 8.14. The highest BCUT2D eigenvalue weighted by Crippen LogP contribution is 2.41. The van der Waals surface area contributed by atoms with Crippen molar-refractivity contribution in [3.63, 3.8) is 0 Å². The fourth-order valence-electron chi connectivity index (χ4n) is 6.09. The van der Waals surface area contributed by atoms with Crippen molar-refractivity contribution in [2.45, 2.75) is 95.2 Å². The minimum absolute atomic E-state index is 0.0267. The average molecular weight is 477 g/mol. The summed E-state index contributed by atoms with van der Waals surface area (Å²) < 4.78 is 55.8. The molecule has 2 unspecified atom stereocenters. The van der Waals surface area contributed by atoms with Crippen LogP contribution in [-0.2, 0) is 9.47 Å². The molecule has 0 spiro atoms. The van der Waals surface area contributed by atoms with E-state index in [9.17, 15) is 4.39 Å². The van der Waals surface area contributed by atoms with Gasteiger partial charge in [-0.05, 0) is 106 Å². The van der Waals surface area contributed by atoms with E-state index in [1.807, 2.05) is 25.1 Å². The summed E-state index contributed by atoms with van der Waals surface area (Å²) in [6, 6.07) is 3.65. The van der Waals surface area contributed by atoms with Gasteiger partial charge in [-0.1, -0.05) is 18.2 Å². The highest BCUT2D eigenvalue weighted by Gasteiger charge is 2.30. The van der Waals surface area contributed by atoms with Crippen LogP contribution in [0.15, 0.2) is 36.7 Å². The highest BCUT2D eigenvalue weighted by atomic mass is 19.2. The van der Waals surface area contributed by atoms with E-state index in [1.54, 1.807) is 6.08 Å². The van der Waals surface area contributed by atoms with Crippen LogP contribution in [0, 0.1) is 23.5 Å². The maximum absolute atomic E-state index is 15.1. The van der Waals surface area contributed by atoms with Crippen molar-refractivity contribution < 1.29 is 22.6 Å². The molecule has 0 amide bonds. The molecule has 2 fully saturated rings. The smallest absolute Gasteiger partial charge is 0.162 e. The van der Waals surface area contributed by atoms with Gasteiger partial charge < -0.3 is 9.47 Å². The van der Waals surface area contributed by atoms with Gasteiger partial charge in [-0.15, -0.1) is 6.58 Å². The molecule has 2 saturated carbocycles. The summed E-state index contributed by atoms with van der Waals surface area (Å²) in [5.41, 5.74) is 1.05. The third-order valence-electron chi connectivity index (χ3n) is 8.22. The van der Waals surface area contributed by atoms with E-state index in [-0.39, 0.29) is 29.7 Å². The minimum atomic E-state index is -0.653. The fraction of sp³-hybridized carbons (Fsp3) is 0.655. The zero-order valence-corrected chi connectivity index (χ0v) is 20.4. The van der Waals surface area contributed by atoms with Crippen molar-refractivity contribution in [3.05, 3.63) is 59.5 Å². The predicted molar refractivity (Wildman–Crippen MR) is 130 cm³/mol. The lowest BCUT2D eigenvalue weighted by Crippen LogP contribution is -2.26. The van der Waals surface area contributed by atoms with E-state index >= 15 is 8.78 Å². The Hall–Kier alpha value is -1.59. The molecule has 0 saturated heterocycles. The van der Waals surface area contributed by atoms with Crippen LogP contribution in [0.5, 0.6) is 0 Å². The van der Waals surface area contributed by atoms with E-state index in [0.29, 0.717) is 36.7 Å². The van der Waals surface area contributed by atoms with E-state index in [2.05, 4.69) is 6.58 Å². The summed E-state index contributed by atoms with van der Waals surface area (Å²) in [6.45, 7) is 6.76. The molecule has 1 aromatic carbocycles. The van der Waals surface area contributed by atoms with Crippen molar-refractivity contribution in [3.8, 4) is 0 Å². The zero-order chi connectivity index (χ0) is 24.1. The maximum atomic E-state index is 15.1. The van der Waals surface area contributed by atoms with Gasteiger partial charge in [-0.2, -0.15) is 0 Å². The molecule has 0 bridgehead atoms. The topological polar surface area (TPSA) is 18.5 Å². The Morgan fingerprint density at radius 2 is 1.41 bits per heavy atom. The quantitative estimate of drug-likeness (QED) is 0.353. The van der Waals surface area contributed by atoms with Crippen molar-refractivity contribution >= 4 is 0 Å². The summed E-state index contributed by atoms with van der Waals surface area (Å²) in [4.78, 5) is 0. The molecule has 2 atom stereocenters. The number of hydrogen-bond acceptors (Lipinski definition) is 2. The van der Waals surface area contributed by atoms with E-state index < -0.39 is 17.7 Å². The Morgan fingerprint density at radius 3 is 1.94 bits per heavy atom. The number of benzene rings is 1. The van der Waals surface area contributed by atoms with Crippen molar-refractivity contribution in [1.82, 2.24) is 0 Å². The molecule has 5 heteroatoms. The Kier molecular flexibility index (Phi) is 8.92. The standard InChI is InChI=1S/C29H39F3O2/c1-3-19-5-8-21(9-6-19)24-14-15-25(29(32)28(24)31)22-10-12-23(13-11-22)34-18-20-7-16-27(33-4-2)26(30)17-20/h3,14-15,17,19-23,27H,1,4-13,16,18H2,2H3. The maximum Gasteiger partial charge on any atom is 0.162 e. The Labute approximate surface area is 202 Å². The van der Waals surface area contributed by atoms with Crippen LogP contribution in [0.2, 0.25) is 0 Å². The first-order valence-electron chi connectivity index (χ1n) is 13.2. The lowest BCUT2D eigenvalue weighted by molar-refractivity contribution is 0.000843. The van der Waals surface area contributed by atoms with Gasteiger partial charge in [0.1, 0.15) is 11.9 Å². The Bertz CT molecular complexity index is 851. The molecule has 4 rings (SSSR count). The summed E-state index contributed by atoms with van der Waals surface area (Å²) in [5.74, 6) is -0.768. The normalized spacial score (nSPS) is 32.3. The van der Waals surface area contributed by atoms with Crippen molar-refractivity contribution in [1.29, 1.82) is 0 Å². The van der Waals surface area contributed by atoms with Gasteiger partial charge in [0.25, 0.3) is 0 Å². The van der Waals surface area contributed by atoms with E-state index in [0.717, 1.165) is 57.8 Å². The van der Waals surface area contributed by atoms with Crippen LogP contribution in [0.3, 0.4) is 0 Å². The first-order chi connectivity index (χ1) is 16.5. The molecule has 3 aliphatic rings. The number of halogens is 3. The summed E-state index contributed by atoms with van der Waals surface area (Å²) >= 11 is 0. The molecule has 1 aromatic rings. The Morgan fingerprint density at radius 1 is 0.824 bits per heavy atom. The van der Waals surface area contributed by atoms with Gasteiger partial charge in [0, 0.05) is 12.5 Å². The summed E-state index contributed by atoms with van der Waals surface area (Å²) in [6.07, 6.45) is 11.9. The zero-order valence-electron chi connectivity index (χ0n) is 20.4. The van der Waals surface area contributed by atoms with E-state index in [1.165, 1.54) is 0 Å². The number of ether oxygens (including phenoxy) is 2. The molecular formula is C29H39F3O2. The molecular weight excluding hydrogens is 437 g/mol. The second kappa shape index (κ2) is 11.9. The largest absolute Gasteiger partial charge is 0.378 e. The molecule has 0 N–H and O–H groups in total. The molecule has 0 heterocycles. The summed E-state index contributed by atoms with van der Waals surface area (Å²) in [5, 5.41) is 0.